The number of carbonyl (C=O) groups is 2. The van der Waals surface area contributed by atoms with Crippen LogP contribution in [0.15, 0.2) is 158 Å². The van der Waals surface area contributed by atoms with Crippen molar-refractivity contribution < 1.29 is 37.6 Å². The van der Waals surface area contributed by atoms with Gasteiger partial charge in [0.2, 0.25) is 0 Å². The van der Waals surface area contributed by atoms with Crippen molar-refractivity contribution in [1.82, 2.24) is 0 Å². The summed E-state index contributed by atoms with van der Waals surface area (Å²) in [5, 5.41) is 0. The van der Waals surface area contributed by atoms with E-state index >= 15 is 0 Å². The molecule has 10 heteroatoms. The zero-order valence-corrected chi connectivity index (χ0v) is 62.0. The van der Waals surface area contributed by atoms with Crippen LogP contribution in [0.2, 0.25) is 0 Å². The van der Waals surface area contributed by atoms with Crippen LogP contribution in [0.1, 0.15) is 335 Å². The molecule has 0 aromatic carbocycles. The van der Waals surface area contributed by atoms with Crippen LogP contribution >= 0.6 is 7.82 Å². The van der Waals surface area contributed by atoms with Crippen molar-refractivity contribution in [3.63, 3.8) is 0 Å². The summed E-state index contributed by atoms with van der Waals surface area (Å²) >= 11 is 0. The monoisotopic (exact) mass is 1340 g/mol. The van der Waals surface area contributed by atoms with E-state index in [4.69, 9.17) is 24.3 Å². The van der Waals surface area contributed by atoms with Crippen molar-refractivity contribution in [2.24, 2.45) is 5.73 Å². The van der Waals surface area contributed by atoms with E-state index in [0.29, 0.717) is 6.42 Å². The molecule has 0 rings (SSSR count). The Morgan fingerprint density at radius 1 is 0.316 bits per heavy atom. The van der Waals surface area contributed by atoms with Gasteiger partial charge in [-0.1, -0.05) is 358 Å². The van der Waals surface area contributed by atoms with E-state index in [2.05, 4.69) is 172 Å². The third kappa shape index (κ3) is 78.5. The van der Waals surface area contributed by atoms with Crippen LogP contribution in [-0.4, -0.2) is 49.3 Å². The van der Waals surface area contributed by atoms with Crippen LogP contribution in [0.5, 0.6) is 0 Å². The van der Waals surface area contributed by atoms with Gasteiger partial charge in [-0.05, 0) is 122 Å². The number of ether oxygens (including phenoxy) is 2. The molecule has 95 heavy (non-hydrogen) atoms. The average Bonchev–Trinajstić information content (AvgIpc) is 3.32. The maximum Gasteiger partial charge on any atom is 0.472 e. The number of hydrogen-bond donors (Lipinski definition) is 2. The zero-order chi connectivity index (χ0) is 68.6. The molecule has 0 aliphatic heterocycles. The lowest BCUT2D eigenvalue weighted by atomic mass is 10.0. The Balaban J connectivity index is 3.87. The van der Waals surface area contributed by atoms with Gasteiger partial charge in [0.25, 0.3) is 0 Å². The second-order valence-corrected chi connectivity index (χ2v) is 26.9. The molecule has 0 amide bonds. The van der Waals surface area contributed by atoms with Crippen LogP contribution in [0.25, 0.3) is 0 Å². The van der Waals surface area contributed by atoms with Crippen molar-refractivity contribution in [2.45, 2.75) is 341 Å². The molecule has 0 saturated carbocycles. The molecule has 0 aliphatic rings. The first-order valence-corrected chi connectivity index (χ1v) is 40.5. The second-order valence-electron chi connectivity index (χ2n) is 25.5. The van der Waals surface area contributed by atoms with Gasteiger partial charge in [0.05, 0.1) is 13.2 Å². The van der Waals surface area contributed by atoms with E-state index in [1.54, 1.807) is 0 Å². The molecular weight excluding hydrogens is 1190 g/mol. The normalized spacial score (nSPS) is 13.8. The molecule has 2 unspecified atom stereocenters. The molecule has 2 atom stereocenters. The second kappa shape index (κ2) is 78.6. The van der Waals surface area contributed by atoms with Crippen LogP contribution in [0, 0.1) is 0 Å². The number of phosphoric ester groups is 1. The summed E-state index contributed by atoms with van der Waals surface area (Å²) in [5.74, 6) is -0.837. The Morgan fingerprint density at radius 2 is 0.547 bits per heavy atom. The zero-order valence-electron chi connectivity index (χ0n) is 61.1. The molecule has 0 aromatic rings. The summed E-state index contributed by atoms with van der Waals surface area (Å²) in [5.41, 5.74) is 5.41. The number of nitrogens with two attached hydrogens (primary N) is 1. The van der Waals surface area contributed by atoms with Gasteiger partial charge in [0.15, 0.2) is 6.10 Å². The molecule has 0 aromatic heterocycles. The Hall–Kier alpha value is -4.37. The van der Waals surface area contributed by atoms with E-state index in [1.165, 1.54) is 173 Å². The number of esters is 2. The first-order valence-electron chi connectivity index (χ1n) is 39.0. The van der Waals surface area contributed by atoms with E-state index in [0.717, 1.165) is 128 Å². The number of allylic oxidation sites excluding steroid dienone is 26. The summed E-state index contributed by atoms with van der Waals surface area (Å²) in [6.07, 6.45) is 115. The summed E-state index contributed by atoms with van der Waals surface area (Å²) in [6.45, 7) is 3.53. The molecule has 0 spiro atoms. The molecule has 0 radical (unpaired) electrons. The van der Waals surface area contributed by atoms with E-state index in [1.807, 2.05) is 0 Å². The van der Waals surface area contributed by atoms with Gasteiger partial charge < -0.3 is 20.1 Å². The first-order chi connectivity index (χ1) is 46.8. The quantitative estimate of drug-likeness (QED) is 0.0264. The fourth-order valence-corrected chi connectivity index (χ4v) is 11.5. The average molecular weight is 1340 g/mol. The van der Waals surface area contributed by atoms with Crippen LogP contribution in [0.4, 0.5) is 0 Å². The van der Waals surface area contributed by atoms with Gasteiger partial charge in [-0.15, -0.1) is 0 Å². The summed E-state index contributed by atoms with van der Waals surface area (Å²) in [4.78, 5) is 35.4. The van der Waals surface area contributed by atoms with Crippen molar-refractivity contribution in [1.29, 1.82) is 0 Å². The summed E-state index contributed by atoms with van der Waals surface area (Å²) in [7, 11) is -4.41. The largest absolute Gasteiger partial charge is 0.472 e. The predicted molar refractivity (Wildman–Crippen MR) is 413 cm³/mol. The minimum absolute atomic E-state index is 0.0458. The number of unbranched alkanes of at least 4 members (excludes halogenated alkanes) is 33. The van der Waals surface area contributed by atoms with E-state index < -0.39 is 26.5 Å². The van der Waals surface area contributed by atoms with E-state index in [9.17, 15) is 19.0 Å². The fraction of sp³-hybridized carbons (Fsp3) is 0.671. The summed E-state index contributed by atoms with van der Waals surface area (Å²) in [6, 6.07) is 0. The van der Waals surface area contributed by atoms with Crippen molar-refractivity contribution in [3.05, 3.63) is 158 Å². The highest BCUT2D eigenvalue weighted by Gasteiger charge is 2.26. The maximum absolute atomic E-state index is 12.8. The third-order valence-corrected chi connectivity index (χ3v) is 17.4. The Kier molecular flexibility index (Phi) is 75.0. The third-order valence-electron chi connectivity index (χ3n) is 16.4. The molecule has 0 fully saturated rings. The van der Waals surface area contributed by atoms with Gasteiger partial charge in [-0.25, -0.2) is 4.57 Å². The number of phosphoric acid groups is 1. The van der Waals surface area contributed by atoms with Gasteiger partial charge in [-0.2, -0.15) is 0 Å². The number of carbonyl (C=O) groups excluding carboxylic acids is 2. The maximum atomic E-state index is 12.8. The molecular formula is C85H144NO8P. The lowest BCUT2D eigenvalue weighted by molar-refractivity contribution is -0.161. The summed E-state index contributed by atoms with van der Waals surface area (Å²) < 4.78 is 33.2. The van der Waals surface area contributed by atoms with Gasteiger partial charge >= 0.3 is 19.8 Å². The Labute approximate surface area is 585 Å². The van der Waals surface area contributed by atoms with Crippen molar-refractivity contribution >= 4 is 19.8 Å². The van der Waals surface area contributed by atoms with Gasteiger partial charge in [-0.3, -0.25) is 18.6 Å². The highest BCUT2D eigenvalue weighted by Crippen LogP contribution is 2.43. The molecule has 0 saturated heterocycles. The van der Waals surface area contributed by atoms with Crippen LogP contribution < -0.4 is 5.73 Å². The molecule has 0 heterocycles. The lowest BCUT2D eigenvalue weighted by Gasteiger charge is -2.19. The van der Waals surface area contributed by atoms with Crippen molar-refractivity contribution in [3.8, 4) is 0 Å². The molecule has 9 nitrogen and oxygen atoms in total. The minimum atomic E-state index is -4.41. The predicted octanol–water partition coefficient (Wildman–Crippen LogP) is 26.3. The number of rotatable bonds is 72. The topological polar surface area (TPSA) is 134 Å². The smallest absolute Gasteiger partial charge is 0.462 e. The highest BCUT2D eigenvalue weighted by atomic mass is 31.2. The Bertz CT molecular complexity index is 2120. The fourth-order valence-electron chi connectivity index (χ4n) is 10.7. The van der Waals surface area contributed by atoms with Gasteiger partial charge in [0, 0.05) is 19.4 Å². The van der Waals surface area contributed by atoms with Gasteiger partial charge in [0.1, 0.15) is 6.61 Å². The SMILES string of the molecule is CC/C=C\C/C=C\C/C=C\C/C=C\C/C=C\C/C=C\C/C=C\C/C=C\C/C=C\CCCCCCCCCC(=O)OC(COC(=O)CCCCCCCCCCCCCCCCCCCCCCCCCCCC/C=C\C/C=C\C/C=C\C/C=C\CC)COP(=O)(O)OCCN. The lowest BCUT2D eigenvalue weighted by Crippen LogP contribution is -2.29. The first kappa shape index (κ1) is 90.6. The standard InChI is InChI=1S/C85H144NO8P/c1-3-5-7-9-11-13-15-17-19-21-23-25-27-29-31-33-35-37-39-40-41-42-44-45-47-49-51-53-55-57-59-61-63-65-67-69-71-73-75-77-84(87)91-81-83(82-93-95(89,90)92-80-79-86)94-85(88)78-76-74-72-70-68-66-64-62-60-58-56-54-52-50-48-46-43-38-36-34-32-30-28-26-24-22-20-18-16-14-12-10-8-6-4-2/h5-8,11-14,17-20,23-26,30,32,36,38,46,48,52,54,58,60,83H,3-4,9-10,15-16,21-22,27-29,31,33-35,37,39-45,47,49-51,53,55-57,59,61-82,86H2,1-2H3,(H,89,90)/b7-5-,8-6-,13-11-,14-12-,19-17-,20-18-,25-23-,26-24-,32-30-,38-36-,48-46-,54-52-,60-58-. The van der Waals surface area contributed by atoms with E-state index in [-0.39, 0.29) is 38.6 Å². The molecule has 0 bridgehead atoms. The van der Waals surface area contributed by atoms with Crippen LogP contribution in [-0.2, 0) is 32.7 Å². The highest BCUT2D eigenvalue weighted by molar-refractivity contribution is 7.47. The minimum Gasteiger partial charge on any atom is -0.462 e. The number of hydrogen-bond acceptors (Lipinski definition) is 8. The Morgan fingerprint density at radius 3 is 0.811 bits per heavy atom. The molecule has 542 valence electrons. The molecule has 3 N–H and O–H groups in total. The van der Waals surface area contributed by atoms with Crippen molar-refractivity contribution in [2.75, 3.05) is 26.4 Å². The molecule has 0 aliphatic carbocycles. The van der Waals surface area contributed by atoms with Crippen LogP contribution in [0.3, 0.4) is 0 Å².